The molecule has 3 rings (SSSR count). The summed E-state index contributed by atoms with van der Waals surface area (Å²) in [4.78, 5) is 0. The van der Waals surface area contributed by atoms with Gasteiger partial charge in [0.2, 0.25) is 0 Å². The normalized spacial score (nSPS) is 10.7. The highest BCUT2D eigenvalue weighted by Crippen LogP contribution is 2.32. The lowest BCUT2D eigenvalue weighted by atomic mass is 9.94. The standard InChI is InChI=1S/C20H15NO/c1-22-17-11-8-16(9-12-17)19-13-10-15-5-2-3-6-18(15)20(19)7-4-14-21/h2-13H,1H3/b7-4+. The summed E-state index contributed by atoms with van der Waals surface area (Å²) in [6.07, 6.45) is 3.40. The van der Waals surface area contributed by atoms with E-state index in [2.05, 4.69) is 30.3 Å². The fraction of sp³-hybridized carbons (Fsp3) is 0.0500. The molecule has 106 valence electrons. The van der Waals surface area contributed by atoms with Crippen LogP contribution in [0.4, 0.5) is 0 Å². The van der Waals surface area contributed by atoms with Gasteiger partial charge >= 0.3 is 0 Å². The summed E-state index contributed by atoms with van der Waals surface area (Å²) in [5.41, 5.74) is 3.27. The lowest BCUT2D eigenvalue weighted by molar-refractivity contribution is 0.415. The largest absolute Gasteiger partial charge is 0.497 e. The molecule has 2 heteroatoms. The molecule has 0 bridgehead atoms. The summed E-state index contributed by atoms with van der Waals surface area (Å²) < 4.78 is 5.21. The van der Waals surface area contributed by atoms with Crippen LogP contribution >= 0.6 is 0 Å². The molecule has 0 aliphatic heterocycles. The second kappa shape index (κ2) is 6.15. The van der Waals surface area contributed by atoms with E-state index in [1.165, 1.54) is 6.08 Å². The van der Waals surface area contributed by atoms with Gasteiger partial charge in [0.25, 0.3) is 0 Å². The number of hydrogen-bond acceptors (Lipinski definition) is 2. The van der Waals surface area contributed by atoms with Crippen molar-refractivity contribution >= 4 is 16.8 Å². The van der Waals surface area contributed by atoms with E-state index in [0.717, 1.165) is 33.2 Å². The number of ether oxygens (including phenoxy) is 1. The Hall–Kier alpha value is -3.05. The molecule has 3 aromatic rings. The van der Waals surface area contributed by atoms with E-state index in [4.69, 9.17) is 10.00 Å². The van der Waals surface area contributed by atoms with Crippen molar-refractivity contribution in [1.82, 2.24) is 0 Å². The molecule has 2 nitrogen and oxygen atoms in total. The summed E-state index contributed by atoms with van der Waals surface area (Å²) in [5, 5.41) is 11.2. The Kier molecular flexibility index (Phi) is 3.89. The number of rotatable bonds is 3. The molecule has 0 heterocycles. The van der Waals surface area contributed by atoms with E-state index < -0.39 is 0 Å². The predicted molar refractivity (Wildman–Crippen MR) is 90.6 cm³/mol. The summed E-state index contributed by atoms with van der Waals surface area (Å²) in [7, 11) is 1.66. The van der Waals surface area contributed by atoms with Gasteiger partial charge in [0, 0.05) is 6.08 Å². The number of allylic oxidation sites excluding steroid dienone is 1. The summed E-state index contributed by atoms with van der Waals surface area (Å²) in [5.74, 6) is 0.832. The lowest BCUT2D eigenvalue weighted by Crippen LogP contribution is -1.87. The molecule has 0 aromatic heterocycles. The van der Waals surface area contributed by atoms with Crippen molar-refractivity contribution < 1.29 is 4.74 Å². The molecular formula is C20H15NO. The molecule has 3 aromatic carbocycles. The highest BCUT2D eigenvalue weighted by atomic mass is 16.5. The maximum atomic E-state index is 8.88. The molecule has 0 saturated carbocycles. The Balaban J connectivity index is 2.23. The number of nitriles is 1. The summed E-state index contributed by atoms with van der Waals surface area (Å²) >= 11 is 0. The van der Waals surface area contributed by atoms with Gasteiger partial charge < -0.3 is 4.74 Å². The molecule has 0 amide bonds. The van der Waals surface area contributed by atoms with Crippen molar-refractivity contribution in [2.45, 2.75) is 0 Å². The third kappa shape index (κ3) is 2.57. The molecule has 0 aliphatic rings. The molecule has 0 aliphatic carbocycles. The average molecular weight is 285 g/mol. The SMILES string of the molecule is COc1ccc(-c2ccc3ccccc3c2/C=C/C#N)cc1. The van der Waals surface area contributed by atoms with Gasteiger partial charge in [-0.25, -0.2) is 0 Å². The molecular weight excluding hydrogens is 270 g/mol. The maximum absolute atomic E-state index is 8.88. The number of hydrogen-bond donors (Lipinski definition) is 0. The molecule has 0 N–H and O–H groups in total. The van der Waals surface area contributed by atoms with Crippen LogP contribution in [-0.2, 0) is 0 Å². The zero-order chi connectivity index (χ0) is 15.4. The molecule has 0 atom stereocenters. The van der Waals surface area contributed by atoms with Crippen LogP contribution in [0.1, 0.15) is 5.56 Å². The van der Waals surface area contributed by atoms with Crippen molar-refractivity contribution in [3.8, 4) is 22.9 Å². The predicted octanol–water partition coefficient (Wildman–Crippen LogP) is 5.05. The Morgan fingerprint density at radius 3 is 2.45 bits per heavy atom. The highest BCUT2D eigenvalue weighted by molar-refractivity contribution is 5.97. The van der Waals surface area contributed by atoms with Crippen molar-refractivity contribution in [3.05, 3.63) is 72.3 Å². The zero-order valence-electron chi connectivity index (χ0n) is 12.3. The van der Waals surface area contributed by atoms with Crippen molar-refractivity contribution in [2.24, 2.45) is 0 Å². The van der Waals surface area contributed by atoms with Crippen LogP contribution < -0.4 is 4.74 Å². The van der Waals surface area contributed by atoms with Crippen LogP contribution in [0.25, 0.3) is 28.0 Å². The fourth-order valence-electron chi connectivity index (χ4n) is 2.62. The fourth-order valence-corrected chi connectivity index (χ4v) is 2.62. The Morgan fingerprint density at radius 1 is 0.955 bits per heavy atom. The lowest BCUT2D eigenvalue weighted by Gasteiger charge is -2.11. The van der Waals surface area contributed by atoms with Gasteiger partial charge in [0.15, 0.2) is 0 Å². The smallest absolute Gasteiger partial charge is 0.118 e. The molecule has 0 unspecified atom stereocenters. The van der Waals surface area contributed by atoms with Crippen molar-refractivity contribution in [3.63, 3.8) is 0 Å². The third-order valence-corrected chi connectivity index (χ3v) is 3.70. The van der Waals surface area contributed by atoms with Crippen LogP contribution in [0.3, 0.4) is 0 Å². The maximum Gasteiger partial charge on any atom is 0.118 e. The molecule has 0 saturated heterocycles. The second-order valence-electron chi connectivity index (χ2n) is 4.94. The number of fused-ring (bicyclic) bond motifs is 1. The van der Waals surface area contributed by atoms with Crippen molar-refractivity contribution in [1.29, 1.82) is 5.26 Å². The van der Waals surface area contributed by atoms with Gasteiger partial charge in [-0.1, -0.05) is 48.5 Å². The van der Waals surface area contributed by atoms with Crippen LogP contribution in [0, 0.1) is 11.3 Å². The summed E-state index contributed by atoms with van der Waals surface area (Å²) in [6, 6.07) is 22.4. The zero-order valence-corrected chi connectivity index (χ0v) is 12.3. The van der Waals surface area contributed by atoms with Gasteiger partial charge in [-0.3, -0.25) is 0 Å². The minimum Gasteiger partial charge on any atom is -0.497 e. The molecule has 0 fully saturated rings. The minimum absolute atomic E-state index is 0.832. The van der Waals surface area contributed by atoms with Gasteiger partial charge in [-0.05, 0) is 45.7 Å². The third-order valence-electron chi connectivity index (χ3n) is 3.70. The van der Waals surface area contributed by atoms with Gasteiger partial charge in [-0.2, -0.15) is 5.26 Å². The van der Waals surface area contributed by atoms with Gasteiger partial charge in [0.1, 0.15) is 5.75 Å². The molecule has 0 radical (unpaired) electrons. The summed E-state index contributed by atoms with van der Waals surface area (Å²) in [6.45, 7) is 0. The van der Waals surface area contributed by atoms with Crippen molar-refractivity contribution in [2.75, 3.05) is 7.11 Å². The van der Waals surface area contributed by atoms with E-state index in [-0.39, 0.29) is 0 Å². The van der Waals surface area contributed by atoms with Gasteiger partial charge in [0.05, 0.1) is 13.2 Å². The number of benzene rings is 3. The van der Waals surface area contributed by atoms with Crippen LogP contribution in [0.15, 0.2) is 66.7 Å². The monoisotopic (exact) mass is 285 g/mol. The first-order valence-corrected chi connectivity index (χ1v) is 7.06. The van der Waals surface area contributed by atoms with E-state index in [0.29, 0.717) is 0 Å². The number of methoxy groups -OCH3 is 1. The molecule has 0 spiro atoms. The van der Waals surface area contributed by atoms with Crippen LogP contribution in [0.5, 0.6) is 5.75 Å². The van der Waals surface area contributed by atoms with E-state index in [1.54, 1.807) is 7.11 Å². The van der Waals surface area contributed by atoms with E-state index in [9.17, 15) is 0 Å². The van der Waals surface area contributed by atoms with Crippen LogP contribution in [0.2, 0.25) is 0 Å². The second-order valence-corrected chi connectivity index (χ2v) is 4.94. The van der Waals surface area contributed by atoms with E-state index >= 15 is 0 Å². The Bertz CT molecular complexity index is 870. The first-order chi connectivity index (χ1) is 10.8. The molecule has 22 heavy (non-hydrogen) atoms. The van der Waals surface area contributed by atoms with Gasteiger partial charge in [-0.15, -0.1) is 0 Å². The first-order valence-electron chi connectivity index (χ1n) is 7.06. The number of nitrogens with zero attached hydrogens (tertiary/aromatic N) is 1. The van der Waals surface area contributed by atoms with E-state index in [1.807, 2.05) is 42.5 Å². The quantitative estimate of drug-likeness (QED) is 0.631. The average Bonchev–Trinajstić information content (AvgIpc) is 2.59. The topological polar surface area (TPSA) is 33.0 Å². The Labute approximate surface area is 129 Å². The highest BCUT2D eigenvalue weighted by Gasteiger charge is 2.07. The van der Waals surface area contributed by atoms with Crippen LogP contribution in [-0.4, -0.2) is 7.11 Å². The Morgan fingerprint density at radius 2 is 1.73 bits per heavy atom. The first kappa shape index (κ1) is 13.9. The minimum atomic E-state index is 0.832.